The molecule has 20 heavy (non-hydrogen) atoms. The fourth-order valence-electron chi connectivity index (χ4n) is 2.56. The van der Waals surface area contributed by atoms with E-state index < -0.39 is 0 Å². The minimum Gasteiger partial charge on any atom is -0.309 e. The molecule has 0 saturated heterocycles. The lowest BCUT2D eigenvalue weighted by Crippen LogP contribution is -2.09. The molecule has 0 fully saturated rings. The minimum absolute atomic E-state index is 0.360. The van der Waals surface area contributed by atoms with Crippen molar-refractivity contribution in [1.29, 1.82) is 0 Å². The highest BCUT2D eigenvalue weighted by Crippen LogP contribution is 2.25. The van der Waals surface area contributed by atoms with Gasteiger partial charge in [0, 0.05) is 12.2 Å². The standard InChI is InChI=1S/C15H21Cl2N3/c1-3-4-5-6-7-11(2)20-14(9-16)19-13-8-12(17)10-18-15(13)20/h8,10-11H,3-7,9H2,1-2H3. The summed E-state index contributed by atoms with van der Waals surface area (Å²) in [6, 6.07) is 2.21. The number of alkyl halides is 1. The molecular weight excluding hydrogens is 293 g/mol. The number of imidazole rings is 1. The Morgan fingerprint density at radius 2 is 2.10 bits per heavy atom. The van der Waals surface area contributed by atoms with Crippen LogP contribution in [0.25, 0.3) is 11.2 Å². The van der Waals surface area contributed by atoms with Gasteiger partial charge in [-0.2, -0.15) is 0 Å². The number of fused-ring (bicyclic) bond motifs is 1. The third-order valence-corrected chi connectivity index (χ3v) is 4.05. The Bertz CT molecular complexity index is 565. The normalized spacial score (nSPS) is 13.0. The lowest BCUT2D eigenvalue weighted by molar-refractivity contribution is 0.471. The van der Waals surface area contributed by atoms with E-state index >= 15 is 0 Å². The van der Waals surface area contributed by atoms with Gasteiger partial charge < -0.3 is 4.57 Å². The number of hydrogen-bond donors (Lipinski definition) is 0. The average molecular weight is 314 g/mol. The molecule has 5 heteroatoms. The van der Waals surface area contributed by atoms with Gasteiger partial charge >= 0.3 is 0 Å². The highest BCUT2D eigenvalue weighted by atomic mass is 35.5. The monoisotopic (exact) mass is 313 g/mol. The first-order valence-electron chi connectivity index (χ1n) is 7.25. The first-order valence-corrected chi connectivity index (χ1v) is 8.17. The van der Waals surface area contributed by atoms with Crippen molar-refractivity contribution in [3.8, 4) is 0 Å². The van der Waals surface area contributed by atoms with E-state index in [0.717, 1.165) is 23.4 Å². The SMILES string of the molecule is CCCCCCC(C)n1c(CCl)nc2cc(Cl)cnc21. The van der Waals surface area contributed by atoms with Crippen LogP contribution in [0.3, 0.4) is 0 Å². The van der Waals surface area contributed by atoms with Crippen molar-refractivity contribution < 1.29 is 0 Å². The van der Waals surface area contributed by atoms with Gasteiger partial charge in [0.1, 0.15) is 11.3 Å². The molecule has 0 N–H and O–H groups in total. The summed E-state index contributed by atoms with van der Waals surface area (Å²) < 4.78 is 2.16. The molecule has 2 aromatic heterocycles. The Hall–Kier alpha value is -0.800. The lowest BCUT2D eigenvalue weighted by atomic mass is 10.1. The number of unbranched alkanes of at least 4 members (excludes halogenated alkanes) is 3. The van der Waals surface area contributed by atoms with Gasteiger partial charge in [-0.1, -0.05) is 44.2 Å². The van der Waals surface area contributed by atoms with Crippen LogP contribution in [-0.2, 0) is 5.88 Å². The Kier molecular flexibility index (Phi) is 5.67. The molecule has 110 valence electrons. The summed E-state index contributed by atoms with van der Waals surface area (Å²) >= 11 is 12.0. The summed E-state index contributed by atoms with van der Waals surface area (Å²) in [5.74, 6) is 1.27. The number of rotatable bonds is 7. The van der Waals surface area contributed by atoms with Gasteiger partial charge in [0.05, 0.1) is 10.9 Å². The van der Waals surface area contributed by atoms with Gasteiger partial charge in [-0.15, -0.1) is 11.6 Å². The second-order valence-corrected chi connectivity index (χ2v) is 5.93. The second-order valence-electron chi connectivity index (χ2n) is 5.23. The number of aromatic nitrogens is 3. The van der Waals surface area contributed by atoms with E-state index in [4.69, 9.17) is 23.2 Å². The third-order valence-electron chi connectivity index (χ3n) is 3.61. The molecule has 0 amide bonds. The minimum atomic E-state index is 0.360. The van der Waals surface area contributed by atoms with Crippen LogP contribution in [0.1, 0.15) is 57.8 Å². The number of hydrogen-bond acceptors (Lipinski definition) is 2. The van der Waals surface area contributed by atoms with Crippen molar-refractivity contribution >= 4 is 34.4 Å². The van der Waals surface area contributed by atoms with Crippen LogP contribution in [0.15, 0.2) is 12.3 Å². The van der Waals surface area contributed by atoms with Gasteiger partial charge in [-0.25, -0.2) is 9.97 Å². The molecular formula is C15H21Cl2N3. The van der Waals surface area contributed by atoms with E-state index in [0.29, 0.717) is 16.9 Å². The topological polar surface area (TPSA) is 30.7 Å². The van der Waals surface area contributed by atoms with Crippen molar-refractivity contribution in [3.05, 3.63) is 23.1 Å². The van der Waals surface area contributed by atoms with E-state index in [-0.39, 0.29) is 0 Å². The molecule has 2 rings (SSSR count). The van der Waals surface area contributed by atoms with Crippen LogP contribution >= 0.6 is 23.2 Å². The third kappa shape index (κ3) is 3.44. The smallest absolute Gasteiger partial charge is 0.160 e. The Morgan fingerprint density at radius 1 is 1.30 bits per heavy atom. The van der Waals surface area contributed by atoms with Gasteiger partial charge in [0.25, 0.3) is 0 Å². The summed E-state index contributed by atoms with van der Waals surface area (Å²) in [6.07, 6.45) is 7.86. The average Bonchev–Trinajstić information content (AvgIpc) is 2.80. The molecule has 1 unspecified atom stereocenters. The van der Waals surface area contributed by atoms with Gasteiger partial charge in [-0.3, -0.25) is 0 Å². The molecule has 0 radical (unpaired) electrons. The van der Waals surface area contributed by atoms with Crippen LogP contribution in [-0.4, -0.2) is 14.5 Å². The molecule has 0 aromatic carbocycles. The summed E-state index contributed by atoms with van der Waals surface area (Å²) in [5, 5.41) is 0.610. The molecule has 2 heterocycles. The lowest BCUT2D eigenvalue weighted by Gasteiger charge is -2.16. The van der Waals surface area contributed by atoms with Crippen molar-refractivity contribution in [1.82, 2.24) is 14.5 Å². The maximum absolute atomic E-state index is 6.03. The second kappa shape index (κ2) is 7.28. The fourth-order valence-corrected chi connectivity index (χ4v) is 2.90. The molecule has 0 aliphatic carbocycles. The van der Waals surface area contributed by atoms with E-state index in [1.165, 1.54) is 25.7 Å². The van der Waals surface area contributed by atoms with Crippen molar-refractivity contribution in [2.75, 3.05) is 0 Å². The molecule has 2 aromatic rings. The van der Waals surface area contributed by atoms with E-state index in [1.807, 2.05) is 6.07 Å². The zero-order chi connectivity index (χ0) is 14.5. The Balaban J connectivity index is 2.22. The van der Waals surface area contributed by atoms with Crippen molar-refractivity contribution in [2.24, 2.45) is 0 Å². The zero-order valence-electron chi connectivity index (χ0n) is 12.1. The number of pyridine rings is 1. The van der Waals surface area contributed by atoms with Crippen LogP contribution < -0.4 is 0 Å². The van der Waals surface area contributed by atoms with Crippen LogP contribution in [0.2, 0.25) is 5.02 Å². The van der Waals surface area contributed by atoms with E-state index in [1.54, 1.807) is 6.20 Å². The molecule has 0 aliphatic rings. The summed E-state index contributed by atoms with van der Waals surface area (Å²) in [7, 11) is 0. The predicted octanol–water partition coefficient (Wildman–Crippen LogP) is 5.35. The molecule has 1 atom stereocenters. The first kappa shape index (κ1) is 15.6. The fraction of sp³-hybridized carbons (Fsp3) is 0.600. The summed E-state index contributed by atoms with van der Waals surface area (Å²) in [5.41, 5.74) is 1.71. The van der Waals surface area contributed by atoms with E-state index in [2.05, 4.69) is 28.4 Å². The van der Waals surface area contributed by atoms with Crippen LogP contribution in [0, 0.1) is 0 Å². The Morgan fingerprint density at radius 3 is 2.80 bits per heavy atom. The highest BCUT2D eigenvalue weighted by molar-refractivity contribution is 6.31. The zero-order valence-corrected chi connectivity index (χ0v) is 13.6. The number of nitrogens with zero attached hydrogens (tertiary/aromatic N) is 3. The maximum Gasteiger partial charge on any atom is 0.160 e. The summed E-state index contributed by atoms with van der Waals surface area (Å²) in [4.78, 5) is 8.97. The molecule has 0 bridgehead atoms. The molecule has 0 aliphatic heterocycles. The van der Waals surface area contributed by atoms with E-state index in [9.17, 15) is 0 Å². The van der Waals surface area contributed by atoms with Crippen molar-refractivity contribution in [3.63, 3.8) is 0 Å². The summed E-state index contributed by atoms with van der Waals surface area (Å²) in [6.45, 7) is 4.44. The quantitative estimate of drug-likeness (QED) is 0.509. The van der Waals surface area contributed by atoms with Gasteiger partial charge in [0.2, 0.25) is 0 Å². The largest absolute Gasteiger partial charge is 0.309 e. The molecule has 3 nitrogen and oxygen atoms in total. The van der Waals surface area contributed by atoms with Crippen LogP contribution in [0.5, 0.6) is 0 Å². The molecule has 0 spiro atoms. The Labute approximate surface area is 130 Å². The van der Waals surface area contributed by atoms with Crippen LogP contribution in [0.4, 0.5) is 0 Å². The number of halogens is 2. The predicted molar refractivity (Wildman–Crippen MR) is 85.6 cm³/mol. The van der Waals surface area contributed by atoms with Gasteiger partial charge in [-0.05, 0) is 19.4 Å². The highest BCUT2D eigenvalue weighted by Gasteiger charge is 2.16. The maximum atomic E-state index is 6.03. The van der Waals surface area contributed by atoms with Crippen molar-refractivity contribution in [2.45, 2.75) is 57.9 Å². The molecule has 0 saturated carbocycles. The van der Waals surface area contributed by atoms with Gasteiger partial charge in [0.15, 0.2) is 5.65 Å². The first-order chi connectivity index (χ1) is 9.67.